The van der Waals surface area contributed by atoms with Gasteiger partial charge in [0.25, 0.3) is 5.56 Å². The monoisotopic (exact) mass is 355 g/mol. The largest absolute Gasteiger partial charge is 0.352 e. The van der Waals surface area contributed by atoms with Gasteiger partial charge in [-0.25, -0.2) is 9.18 Å². The molecule has 0 aliphatic carbocycles. The third-order valence-corrected chi connectivity index (χ3v) is 4.19. The van der Waals surface area contributed by atoms with Crippen molar-refractivity contribution in [1.82, 2.24) is 14.9 Å². The molecule has 2 N–H and O–H groups in total. The molecule has 0 bridgehead atoms. The van der Waals surface area contributed by atoms with Crippen molar-refractivity contribution in [2.45, 2.75) is 26.4 Å². The first-order valence-electron chi connectivity index (χ1n) is 8.19. The van der Waals surface area contributed by atoms with E-state index in [4.69, 9.17) is 0 Å². The highest BCUT2D eigenvalue weighted by Gasteiger charge is 2.09. The Morgan fingerprint density at radius 1 is 1.19 bits per heavy atom. The number of halogens is 1. The molecule has 2 aromatic carbocycles. The summed E-state index contributed by atoms with van der Waals surface area (Å²) in [6.07, 6.45) is 0.0598. The van der Waals surface area contributed by atoms with E-state index in [0.29, 0.717) is 22.0 Å². The van der Waals surface area contributed by atoms with Gasteiger partial charge in [-0.05, 0) is 36.2 Å². The Bertz CT molecular complexity index is 1090. The molecule has 0 saturated heterocycles. The van der Waals surface area contributed by atoms with Gasteiger partial charge in [-0.3, -0.25) is 19.1 Å². The van der Waals surface area contributed by atoms with Crippen molar-refractivity contribution in [2.75, 3.05) is 0 Å². The van der Waals surface area contributed by atoms with Gasteiger partial charge < -0.3 is 5.32 Å². The van der Waals surface area contributed by atoms with Crippen LogP contribution in [0.2, 0.25) is 0 Å². The zero-order chi connectivity index (χ0) is 18.7. The Balaban J connectivity index is 1.68. The third kappa shape index (κ3) is 3.72. The van der Waals surface area contributed by atoms with Crippen LogP contribution in [-0.4, -0.2) is 15.5 Å². The van der Waals surface area contributed by atoms with Gasteiger partial charge in [0.2, 0.25) is 5.91 Å². The van der Waals surface area contributed by atoms with E-state index in [1.807, 2.05) is 0 Å². The van der Waals surface area contributed by atoms with E-state index in [0.717, 1.165) is 0 Å². The van der Waals surface area contributed by atoms with Gasteiger partial charge in [0.05, 0.1) is 10.9 Å². The van der Waals surface area contributed by atoms with Gasteiger partial charge in [0.15, 0.2) is 0 Å². The van der Waals surface area contributed by atoms with Crippen molar-refractivity contribution < 1.29 is 9.18 Å². The second-order valence-corrected chi connectivity index (χ2v) is 6.04. The first kappa shape index (κ1) is 17.6. The minimum absolute atomic E-state index is 0.0598. The summed E-state index contributed by atoms with van der Waals surface area (Å²) in [7, 11) is 0. The summed E-state index contributed by atoms with van der Waals surface area (Å²) in [5.74, 6) is -0.587. The fourth-order valence-corrected chi connectivity index (χ4v) is 2.71. The zero-order valence-electron chi connectivity index (χ0n) is 14.2. The van der Waals surface area contributed by atoms with Crippen LogP contribution in [0.3, 0.4) is 0 Å². The average Bonchev–Trinajstić information content (AvgIpc) is 2.62. The molecule has 6 nitrogen and oxygen atoms in total. The Labute approximate surface area is 148 Å². The standard InChI is InChI=1S/C19H18FN3O3/c1-12-6-7-13(10-15(12)20)11-21-17(24)8-9-23-16-5-3-2-4-14(16)18(25)22-19(23)26/h2-7,10H,8-9,11H2,1H3,(H,21,24)(H,22,25,26). The first-order valence-corrected chi connectivity index (χ1v) is 8.19. The predicted octanol–water partition coefficient (Wildman–Crippen LogP) is 1.84. The molecule has 26 heavy (non-hydrogen) atoms. The lowest BCUT2D eigenvalue weighted by atomic mass is 10.1. The van der Waals surface area contributed by atoms with E-state index in [1.165, 1.54) is 10.6 Å². The fraction of sp³-hybridized carbons (Fsp3) is 0.211. The summed E-state index contributed by atoms with van der Waals surface area (Å²) in [6.45, 7) is 2.01. The summed E-state index contributed by atoms with van der Waals surface area (Å²) in [4.78, 5) is 38.2. The molecule has 0 aliphatic heterocycles. The van der Waals surface area contributed by atoms with Crippen LogP contribution >= 0.6 is 0 Å². The van der Waals surface area contributed by atoms with Crippen LogP contribution in [0.5, 0.6) is 0 Å². The average molecular weight is 355 g/mol. The normalized spacial score (nSPS) is 10.8. The molecular weight excluding hydrogens is 337 g/mol. The van der Waals surface area contributed by atoms with Gasteiger partial charge >= 0.3 is 5.69 Å². The maximum atomic E-state index is 13.5. The summed E-state index contributed by atoms with van der Waals surface area (Å²) < 4.78 is 14.9. The molecule has 1 amide bonds. The van der Waals surface area contributed by atoms with Crippen LogP contribution in [0.15, 0.2) is 52.1 Å². The Morgan fingerprint density at radius 3 is 2.73 bits per heavy atom. The molecule has 0 fully saturated rings. The minimum atomic E-state index is -0.554. The molecule has 1 heterocycles. The lowest BCUT2D eigenvalue weighted by molar-refractivity contribution is -0.121. The smallest absolute Gasteiger partial charge is 0.328 e. The molecule has 0 aliphatic rings. The molecular formula is C19H18FN3O3. The van der Waals surface area contributed by atoms with Crippen LogP contribution < -0.4 is 16.6 Å². The third-order valence-electron chi connectivity index (χ3n) is 4.19. The highest BCUT2D eigenvalue weighted by Crippen LogP contribution is 2.09. The number of carbonyl (C=O) groups excluding carboxylic acids is 1. The van der Waals surface area contributed by atoms with Crippen molar-refractivity contribution in [2.24, 2.45) is 0 Å². The Hall–Kier alpha value is -3.22. The molecule has 0 spiro atoms. The Kier molecular flexibility index (Phi) is 4.97. The molecule has 0 radical (unpaired) electrons. The number of H-pyrrole nitrogens is 1. The minimum Gasteiger partial charge on any atom is -0.352 e. The van der Waals surface area contributed by atoms with Crippen molar-refractivity contribution >= 4 is 16.8 Å². The fourth-order valence-electron chi connectivity index (χ4n) is 2.71. The quantitative estimate of drug-likeness (QED) is 0.732. The second kappa shape index (κ2) is 7.35. The molecule has 0 saturated carbocycles. The van der Waals surface area contributed by atoms with Gasteiger partial charge in [-0.15, -0.1) is 0 Å². The lowest BCUT2D eigenvalue weighted by Crippen LogP contribution is -2.32. The summed E-state index contributed by atoms with van der Waals surface area (Å²) in [5, 5.41) is 3.09. The maximum Gasteiger partial charge on any atom is 0.328 e. The van der Waals surface area contributed by atoms with Crippen molar-refractivity contribution in [1.29, 1.82) is 0 Å². The number of amides is 1. The number of para-hydroxylation sites is 1. The zero-order valence-corrected chi connectivity index (χ0v) is 14.2. The highest BCUT2D eigenvalue weighted by molar-refractivity contribution is 5.78. The van der Waals surface area contributed by atoms with Gasteiger partial charge in [0.1, 0.15) is 5.82 Å². The highest BCUT2D eigenvalue weighted by atomic mass is 19.1. The van der Waals surface area contributed by atoms with Crippen molar-refractivity contribution in [3.8, 4) is 0 Å². The van der Waals surface area contributed by atoms with Gasteiger partial charge in [-0.1, -0.05) is 24.3 Å². The number of nitrogens with zero attached hydrogens (tertiary/aromatic N) is 1. The van der Waals surface area contributed by atoms with Crippen molar-refractivity contribution in [3.05, 3.63) is 80.2 Å². The molecule has 3 aromatic rings. The molecule has 7 heteroatoms. The summed E-state index contributed by atoms with van der Waals surface area (Å²) in [5.41, 5.74) is 0.682. The van der Waals surface area contributed by atoms with E-state index in [9.17, 15) is 18.8 Å². The number of fused-ring (bicyclic) bond motifs is 1. The van der Waals surface area contributed by atoms with Crippen LogP contribution in [0.1, 0.15) is 17.5 Å². The van der Waals surface area contributed by atoms with E-state index in [-0.39, 0.29) is 31.2 Å². The first-order chi connectivity index (χ1) is 12.5. The summed E-state index contributed by atoms with van der Waals surface area (Å²) >= 11 is 0. The lowest BCUT2D eigenvalue weighted by Gasteiger charge is -2.10. The number of aryl methyl sites for hydroxylation is 2. The predicted molar refractivity (Wildman–Crippen MR) is 96.4 cm³/mol. The van der Waals surface area contributed by atoms with Crippen LogP contribution in [0.4, 0.5) is 4.39 Å². The number of hydrogen-bond acceptors (Lipinski definition) is 3. The Morgan fingerprint density at radius 2 is 1.96 bits per heavy atom. The topological polar surface area (TPSA) is 84.0 Å². The van der Waals surface area contributed by atoms with Gasteiger partial charge in [-0.2, -0.15) is 0 Å². The molecule has 134 valence electrons. The number of carbonyl (C=O) groups is 1. The molecule has 1 aromatic heterocycles. The van der Waals surface area contributed by atoms with E-state index in [1.54, 1.807) is 43.3 Å². The van der Waals surface area contributed by atoms with E-state index in [2.05, 4.69) is 10.3 Å². The number of aromatic nitrogens is 2. The van der Waals surface area contributed by atoms with Crippen LogP contribution in [-0.2, 0) is 17.9 Å². The van der Waals surface area contributed by atoms with Gasteiger partial charge in [0, 0.05) is 19.5 Å². The maximum absolute atomic E-state index is 13.5. The van der Waals surface area contributed by atoms with E-state index >= 15 is 0 Å². The number of hydrogen-bond donors (Lipinski definition) is 2. The van der Waals surface area contributed by atoms with E-state index < -0.39 is 11.2 Å². The summed E-state index contributed by atoms with van der Waals surface area (Å²) in [6, 6.07) is 11.5. The molecule has 0 unspecified atom stereocenters. The number of benzene rings is 2. The van der Waals surface area contributed by atoms with Crippen LogP contribution in [0, 0.1) is 12.7 Å². The number of aromatic amines is 1. The van der Waals surface area contributed by atoms with Crippen LogP contribution in [0.25, 0.3) is 10.9 Å². The number of rotatable bonds is 5. The molecule has 3 rings (SSSR count). The SMILES string of the molecule is Cc1ccc(CNC(=O)CCn2c(=O)[nH]c(=O)c3ccccc32)cc1F. The second-order valence-electron chi connectivity index (χ2n) is 6.04. The number of nitrogens with one attached hydrogen (secondary N) is 2. The van der Waals surface area contributed by atoms with Crippen molar-refractivity contribution in [3.63, 3.8) is 0 Å². The molecule has 0 atom stereocenters.